The Kier molecular flexibility index (Phi) is 3.73. The highest BCUT2D eigenvalue weighted by atomic mass is 16.5. The third kappa shape index (κ3) is 3.76. The van der Waals surface area contributed by atoms with Gasteiger partial charge < -0.3 is 9.84 Å². The van der Waals surface area contributed by atoms with Crippen LogP contribution in [0.1, 0.15) is 6.92 Å². The topological polar surface area (TPSA) is 46.5 Å². The maximum Gasteiger partial charge on any atom is 0.328 e. The number of carboxylic acids is 1. The van der Waals surface area contributed by atoms with E-state index in [0.29, 0.717) is 0 Å². The minimum atomic E-state index is -0.964. The fraction of sp³-hybridized carbons (Fsp3) is 0.182. The van der Waals surface area contributed by atoms with E-state index in [9.17, 15) is 4.79 Å². The van der Waals surface area contributed by atoms with Gasteiger partial charge in [0.15, 0.2) is 0 Å². The quantitative estimate of drug-likeness (QED) is 0.743. The summed E-state index contributed by atoms with van der Waals surface area (Å²) in [5.74, 6) is -0.233. The molecule has 3 nitrogen and oxygen atoms in total. The number of ether oxygens (including phenoxy) is 1. The molecule has 1 aromatic rings. The van der Waals surface area contributed by atoms with Crippen LogP contribution >= 0.6 is 0 Å². The van der Waals surface area contributed by atoms with Crippen molar-refractivity contribution in [3.8, 4) is 5.75 Å². The van der Waals surface area contributed by atoms with Crippen molar-refractivity contribution in [2.24, 2.45) is 0 Å². The number of hydrogen-bond acceptors (Lipinski definition) is 2. The molecule has 0 bridgehead atoms. The fourth-order valence-electron chi connectivity index (χ4n) is 0.971. The SMILES string of the molecule is CC(C=CC(=O)O)Oc1ccccc1. The van der Waals surface area contributed by atoms with Crippen molar-refractivity contribution in [1.29, 1.82) is 0 Å². The van der Waals surface area contributed by atoms with Gasteiger partial charge in [0.25, 0.3) is 0 Å². The summed E-state index contributed by atoms with van der Waals surface area (Å²) >= 11 is 0. The number of carboxylic acid groups (broad SMARTS) is 1. The second kappa shape index (κ2) is 5.07. The lowest BCUT2D eigenvalue weighted by molar-refractivity contribution is -0.131. The highest BCUT2D eigenvalue weighted by Gasteiger charge is 1.98. The Morgan fingerprint density at radius 2 is 2.07 bits per heavy atom. The Labute approximate surface area is 82.6 Å². The molecule has 0 spiro atoms. The average Bonchev–Trinajstić information content (AvgIpc) is 2.16. The van der Waals surface area contributed by atoms with Crippen molar-refractivity contribution >= 4 is 5.97 Å². The van der Waals surface area contributed by atoms with Crippen molar-refractivity contribution in [1.82, 2.24) is 0 Å². The molecule has 1 atom stereocenters. The molecule has 0 aliphatic heterocycles. The van der Waals surface area contributed by atoms with Gasteiger partial charge in [-0.3, -0.25) is 0 Å². The molecule has 0 radical (unpaired) electrons. The first-order chi connectivity index (χ1) is 6.68. The first kappa shape index (κ1) is 10.3. The smallest absolute Gasteiger partial charge is 0.328 e. The summed E-state index contributed by atoms with van der Waals surface area (Å²) < 4.78 is 5.41. The summed E-state index contributed by atoms with van der Waals surface area (Å²) in [5, 5.41) is 8.39. The van der Waals surface area contributed by atoms with Crippen LogP contribution in [0.25, 0.3) is 0 Å². The fourth-order valence-corrected chi connectivity index (χ4v) is 0.971. The Hall–Kier alpha value is -1.77. The van der Waals surface area contributed by atoms with E-state index >= 15 is 0 Å². The molecule has 14 heavy (non-hydrogen) atoms. The highest BCUT2D eigenvalue weighted by molar-refractivity contribution is 5.79. The molecule has 74 valence electrons. The minimum Gasteiger partial charge on any atom is -0.487 e. The minimum absolute atomic E-state index is 0.242. The van der Waals surface area contributed by atoms with Crippen molar-refractivity contribution < 1.29 is 14.6 Å². The van der Waals surface area contributed by atoms with Crippen LogP contribution in [0.3, 0.4) is 0 Å². The highest BCUT2D eigenvalue weighted by Crippen LogP contribution is 2.10. The van der Waals surface area contributed by atoms with Crippen molar-refractivity contribution in [3.05, 3.63) is 42.5 Å². The van der Waals surface area contributed by atoms with E-state index in [1.807, 2.05) is 30.3 Å². The summed E-state index contributed by atoms with van der Waals surface area (Å²) in [4.78, 5) is 10.2. The van der Waals surface area contributed by atoms with E-state index in [1.165, 1.54) is 6.08 Å². The van der Waals surface area contributed by atoms with Crippen LogP contribution in [-0.4, -0.2) is 17.2 Å². The Balaban J connectivity index is 2.49. The number of carbonyl (C=O) groups is 1. The van der Waals surface area contributed by atoms with Gasteiger partial charge in [-0.15, -0.1) is 0 Å². The van der Waals surface area contributed by atoms with Crippen LogP contribution in [0.2, 0.25) is 0 Å². The molecule has 0 heterocycles. The van der Waals surface area contributed by atoms with E-state index in [0.717, 1.165) is 11.8 Å². The van der Waals surface area contributed by atoms with Gasteiger partial charge in [0, 0.05) is 6.08 Å². The normalized spacial score (nSPS) is 12.6. The molecule has 0 saturated carbocycles. The molecule has 1 rings (SSSR count). The number of benzene rings is 1. The van der Waals surface area contributed by atoms with Crippen LogP contribution in [0.15, 0.2) is 42.5 Å². The average molecular weight is 192 g/mol. The Bertz CT molecular complexity index is 317. The third-order valence-corrected chi connectivity index (χ3v) is 1.57. The molecular weight excluding hydrogens is 180 g/mol. The number of hydrogen-bond donors (Lipinski definition) is 1. The van der Waals surface area contributed by atoms with Gasteiger partial charge >= 0.3 is 5.97 Å². The van der Waals surface area contributed by atoms with Gasteiger partial charge in [-0.25, -0.2) is 4.79 Å². The van der Waals surface area contributed by atoms with Crippen molar-refractivity contribution in [2.45, 2.75) is 13.0 Å². The second-order valence-electron chi connectivity index (χ2n) is 2.83. The van der Waals surface area contributed by atoms with E-state index in [4.69, 9.17) is 9.84 Å². The zero-order chi connectivity index (χ0) is 10.4. The lowest BCUT2D eigenvalue weighted by atomic mass is 10.3. The zero-order valence-corrected chi connectivity index (χ0v) is 7.88. The summed E-state index contributed by atoms with van der Waals surface area (Å²) in [6.07, 6.45) is 2.33. The Morgan fingerprint density at radius 1 is 1.43 bits per heavy atom. The summed E-state index contributed by atoms with van der Waals surface area (Å²) in [6.45, 7) is 1.78. The molecule has 1 N–H and O–H groups in total. The van der Waals surface area contributed by atoms with Crippen LogP contribution < -0.4 is 4.74 Å². The van der Waals surface area contributed by atoms with Crippen molar-refractivity contribution in [3.63, 3.8) is 0 Å². The standard InChI is InChI=1S/C11H12O3/c1-9(7-8-11(12)13)14-10-5-3-2-4-6-10/h2-9H,1H3,(H,12,13). The van der Waals surface area contributed by atoms with E-state index < -0.39 is 5.97 Å². The lowest BCUT2D eigenvalue weighted by Crippen LogP contribution is -2.08. The number of para-hydroxylation sites is 1. The predicted molar refractivity (Wildman–Crippen MR) is 53.3 cm³/mol. The van der Waals surface area contributed by atoms with E-state index in [1.54, 1.807) is 6.92 Å². The van der Waals surface area contributed by atoms with Crippen LogP contribution in [0, 0.1) is 0 Å². The van der Waals surface area contributed by atoms with E-state index in [-0.39, 0.29) is 6.10 Å². The van der Waals surface area contributed by atoms with Crippen molar-refractivity contribution in [2.75, 3.05) is 0 Å². The molecule has 0 aliphatic carbocycles. The summed E-state index contributed by atoms with van der Waals surface area (Å²) in [7, 11) is 0. The molecule has 0 aliphatic rings. The molecule has 3 heteroatoms. The third-order valence-electron chi connectivity index (χ3n) is 1.57. The molecule has 0 aromatic heterocycles. The van der Waals surface area contributed by atoms with Gasteiger partial charge in [0.1, 0.15) is 11.9 Å². The Morgan fingerprint density at radius 3 is 2.64 bits per heavy atom. The maximum absolute atomic E-state index is 10.2. The second-order valence-corrected chi connectivity index (χ2v) is 2.83. The first-order valence-corrected chi connectivity index (χ1v) is 4.31. The first-order valence-electron chi connectivity index (χ1n) is 4.31. The van der Waals surface area contributed by atoms with Crippen LogP contribution in [0.5, 0.6) is 5.75 Å². The zero-order valence-electron chi connectivity index (χ0n) is 7.88. The monoisotopic (exact) mass is 192 g/mol. The molecule has 1 aromatic carbocycles. The van der Waals surface area contributed by atoms with Gasteiger partial charge in [-0.2, -0.15) is 0 Å². The van der Waals surface area contributed by atoms with Crippen LogP contribution in [-0.2, 0) is 4.79 Å². The van der Waals surface area contributed by atoms with E-state index in [2.05, 4.69) is 0 Å². The molecule has 0 amide bonds. The molecule has 0 saturated heterocycles. The number of rotatable bonds is 4. The largest absolute Gasteiger partial charge is 0.487 e. The molecule has 1 unspecified atom stereocenters. The molecular formula is C11H12O3. The van der Waals surface area contributed by atoms with Crippen LogP contribution in [0.4, 0.5) is 0 Å². The lowest BCUT2D eigenvalue weighted by Gasteiger charge is -2.09. The predicted octanol–water partition coefficient (Wildman–Crippen LogP) is 2.09. The number of aliphatic carboxylic acids is 1. The van der Waals surface area contributed by atoms with Gasteiger partial charge in [0.05, 0.1) is 0 Å². The maximum atomic E-state index is 10.2. The van der Waals surface area contributed by atoms with Gasteiger partial charge in [-0.1, -0.05) is 18.2 Å². The summed E-state index contributed by atoms with van der Waals surface area (Å²) in [5.41, 5.74) is 0. The van der Waals surface area contributed by atoms with Gasteiger partial charge in [-0.05, 0) is 25.1 Å². The summed E-state index contributed by atoms with van der Waals surface area (Å²) in [6, 6.07) is 9.27. The van der Waals surface area contributed by atoms with Gasteiger partial charge in [0.2, 0.25) is 0 Å². The molecule has 0 fully saturated rings.